The van der Waals surface area contributed by atoms with Gasteiger partial charge in [-0.1, -0.05) is 87.5 Å². The predicted molar refractivity (Wildman–Crippen MR) is 136 cm³/mol. The van der Waals surface area contributed by atoms with Crippen molar-refractivity contribution >= 4 is 5.91 Å². The summed E-state index contributed by atoms with van der Waals surface area (Å²) in [5.74, 6) is 0.619. The second kappa shape index (κ2) is 9.18. The van der Waals surface area contributed by atoms with E-state index < -0.39 is 17.0 Å². The fourth-order valence-electron chi connectivity index (χ4n) is 4.11. The highest BCUT2D eigenvalue weighted by atomic mass is 16.2. The Hall–Kier alpha value is -4.66. The number of benzene rings is 3. The van der Waals surface area contributed by atoms with Crippen LogP contribution in [-0.2, 0) is 12.0 Å². The van der Waals surface area contributed by atoms with E-state index >= 15 is 0 Å². The van der Waals surface area contributed by atoms with Crippen molar-refractivity contribution < 1.29 is 4.79 Å². The van der Waals surface area contributed by atoms with Crippen LogP contribution in [0.15, 0.2) is 83.7 Å². The molecule has 36 heavy (non-hydrogen) atoms. The average Bonchev–Trinajstić information content (AvgIpc) is 3.53. The van der Waals surface area contributed by atoms with E-state index in [1.807, 2.05) is 75.4 Å². The summed E-state index contributed by atoms with van der Waals surface area (Å²) in [7, 11) is 0. The third-order valence-corrected chi connectivity index (χ3v) is 5.87. The zero-order valence-electron chi connectivity index (χ0n) is 20.2. The number of carbonyl (C=O) groups is 1. The van der Waals surface area contributed by atoms with Gasteiger partial charge in [-0.15, -0.1) is 20.0 Å². The molecule has 0 aliphatic rings. The lowest BCUT2D eigenvalue weighted by molar-refractivity contribution is 0.0939. The van der Waals surface area contributed by atoms with Gasteiger partial charge in [0.05, 0.1) is 6.54 Å². The number of nitrogens with zero attached hydrogens (tertiary/aromatic N) is 6. The van der Waals surface area contributed by atoms with Gasteiger partial charge in [0.15, 0.2) is 0 Å². The Labute approximate surface area is 207 Å². The summed E-state index contributed by atoms with van der Waals surface area (Å²) in [6, 6.07) is 24.5. The summed E-state index contributed by atoms with van der Waals surface area (Å²) in [6.45, 7) is 6.21. The Morgan fingerprint density at radius 3 is 2.19 bits per heavy atom. The van der Waals surface area contributed by atoms with Crippen LogP contribution in [0.2, 0.25) is 0 Å². The Morgan fingerprint density at radius 2 is 1.56 bits per heavy atom. The maximum absolute atomic E-state index is 13.3. The summed E-state index contributed by atoms with van der Waals surface area (Å²) < 4.78 is 2.54. The predicted octanol–water partition coefficient (Wildman–Crippen LogP) is 3.93. The highest BCUT2D eigenvalue weighted by Gasteiger charge is 2.27. The van der Waals surface area contributed by atoms with Gasteiger partial charge in [0.1, 0.15) is 5.82 Å². The Morgan fingerprint density at radius 1 is 0.889 bits per heavy atom. The topological polar surface area (TPSA) is 111 Å². The highest BCUT2D eigenvalue weighted by molar-refractivity contribution is 5.95. The number of carbonyl (C=O) groups excluding carboxylic acids is 1. The number of aromatic amines is 1. The van der Waals surface area contributed by atoms with Gasteiger partial charge in [-0.2, -0.15) is 5.21 Å². The number of H-pyrrole nitrogens is 1. The molecule has 2 heterocycles. The van der Waals surface area contributed by atoms with Crippen LogP contribution >= 0.6 is 0 Å². The normalized spacial score (nSPS) is 11.5. The maximum Gasteiger partial charge on any atom is 0.353 e. The summed E-state index contributed by atoms with van der Waals surface area (Å²) in [5, 5.41) is 18.8. The smallest absolute Gasteiger partial charge is 0.274 e. The molecule has 1 N–H and O–H groups in total. The molecule has 3 aromatic carbocycles. The lowest BCUT2D eigenvalue weighted by Gasteiger charge is -2.18. The van der Waals surface area contributed by atoms with Crippen molar-refractivity contribution in [3.63, 3.8) is 0 Å². The van der Waals surface area contributed by atoms with E-state index in [2.05, 4.69) is 25.7 Å². The molecule has 2 aromatic heterocycles. The molecular weight excluding hydrogens is 454 g/mol. The van der Waals surface area contributed by atoms with Crippen LogP contribution in [-0.4, -0.2) is 40.9 Å². The Balaban J connectivity index is 1.49. The van der Waals surface area contributed by atoms with Crippen LogP contribution in [0.5, 0.6) is 0 Å². The standard InChI is InChI=1S/C27H25N7O2/c1-27(2,3)25-30-34(24(35)20-9-5-4-6-10-20)26(36)33(25)17-18-13-15-19(16-14-18)21-11-7-8-12-22(21)23-28-31-32-29-23/h4-16H,17H2,1-3H3,(H,28,29,31,32). The number of aromatic nitrogens is 7. The third kappa shape index (κ3) is 4.38. The van der Waals surface area contributed by atoms with E-state index in [9.17, 15) is 9.59 Å². The Kier molecular flexibility index (Phi) is 5.89. The van der Waals surface area contributed by atoms with E-state index in [0.717, 1.165) is 26.9 Å². The van der Waals surface area contributed by atoms with Crippen LogP contribution in [0.3, 0.4) is 0 Å². The van der Waals surface area contributed by atoms with Crippen molar-refractivity contribution in [1.82, 2.24) is 35.0 Å². The number of hydrogen-bond donors (Lipinski definition) is 1. The molecule has 0 saturated heterocycles. The molecule has 0 fully saturated rings. The molecule has 0 aliphatic heterocycles. The van der Waals surface area contributed by atoms with Gasteiger partial charge in [0.25, 0.3) is 5.91 Å². The molecule has 180 valence electrons. The SMILES string of the molecule is CC(C)(C)c1nn(C(=O)c2ccccc2)c(=O)n1Cc1ccc(-c2ccccc2-c2nn[nH]n2)cc1. The van der Waals surface area contributed by atoms with Gasteiger partial charge in [0, 0.05) is 16.5 Å². The van der Waals surface area contributed by atoms with Crippen molar-refractivity contribution in [2.24, 2.45) is 0 Å². The summed E-state index contributed by atoms with van der Waals surface area (Å²) in [5.41, 5.74) is 3.25. The van der Waals surface area contributed by atoms with Crippen molar-refractivity contribution in [3.05, 3.63) is 106 Å². The molecule has 0 spiro atoms. The van der Waals surface area contributed by atoms with Crippen molar-refractivity contribution in [2.75, 3.05) is 0 Å². The molecule has 0 radical (unpaired) electrons. The third-order valence-electron chi connectivity index (χ3n) is 5.87. The quantitative estimate of drug-likeness (QED) is 0.409. The molecule has 0 amide bonds. The van der Waals surface area contributed by atoms with Crippen LogP contribution in [0.4, 0.5) is 0 Å². The second-order valence-corrected chi connectivity index (χ2v) is 9.50. The minimum atomic E-state index is -0.458. The maximum atomic E-state index is 13.3. The summed E-state index contributed by atoms with van der Waals surface area (Å²) >= 11 is 0. The van der Waals surface area contributed by atoms with E-state index in [-0.39, 0.29) is 0 Å². The number of nitrogens with one attached hydrogen (secondary N) is 1. The average molecular weight is 480 g/mol. The van der Waals surface area contributed by atoms with Gasteiger partial charge >= 0.3 is 5.69 Å². The van der Waals surface area contributed by atoms with Crippen LogP contribution in [0.1, 0.15) is 42.5 Å². The molecule has 5 rings (SSSR count). The molecular formula is C27H25N7O2. The van der Waals surface area contributed by atoms with Crippen LogP contribution < -0.4 is 5.69 Å². The fourth-order valence-corrected chi connectivity index (χ4v) is 4.11. The van der Waals surface area contributed by atoms with E-state index in [4.69, 9.17) is 0 Å². The molecule has 5 aromatic rings. The highest BCUT2D eigenvalue weighted by Crippen LogP contribution is 2.30. The van der Waals surface area contributed by atoms with E-state index in [1.54, 1.807) is 28.8 Å². The van der Waals surface area contributed by atoms with Gasteiger partial charge in [-0.3, -0.25) is 9.36 Å². The number of tetrazole rings is 1. The second-order valence-electron chi connectivity index (χ2n) is 9.50. The monoisotopic (exact) mass is 479 g/mol. The zero-order valence-corrected chi connectivity index (χ0v) is 20.2. The Bertz CT molecular complexity index is 1560. The number of rotatable bonds is 5. The molecule has 9 heteroatoms. The first-order chi connectivity index (χ1) is 17.3. The van der Waals surface area contributed by atoms with E-state index in [1.165, 1.54) is 0 Å². The fraction of sp³-hybridized carbons (Fsp3) is 0.185. The summed E-state index contributed by atoms with van der Waals surface area (Å²) in [4.78, 5) is 26.4. The molecule has 0 atom stereocenters. The van der Waals surface area contributed by atoms with Gasteiger partial charge in [-0.05, 0) is 34.0 Å². The first-order valence-electron chi connectivity index (χ1n) is 11.5. The molecule has 0 saturated carbocycles. The molecule has 0 bridgehead atoms. The molecule has 9 nitrogen and oxygen atoms in total. The zero-order chi connectivity index (χ0) is 25.3. The molecule has 0 aliphatic carbocycles. The van der Waals surface area contributed by atoms with Crippen molar-refractivity contribution in [1.29, 1.82) is 0 Å². The minimum Gasteiger partial charge on any atom is -0.274 e. The number of hydrogen-bond acceptors (Lipinski definition) is 6. The lowest BCUT2D eigenvalue weighted by atomic mass is 9.95. The van der Waals surface area contributed by atoms with E-state index in [0.29, 0.717) is 23.8 Å². The van der Waals surface area contributed by atoms with Gasteiger partial charge in [0.2, 0.25) is 5.82 Å². The van der Waals surface area contributed by atoms with Gasteiger partial charge < -0.3 is 0 Å². The van der Waals surface area contributed by atoms with Crippen LogP contribution in [0.25, 0.3) is 22.5 Å². The first kappa shape index (κ1) is 23.1. The largest absolute Gasteiger partial charge is 0.353 e. The molecule has 0 unspecified atom stereocenters. The van der Waals surface area contributed by atoms with Gasteiger partial charge in [-0.25, -0.2) is 4.79 Å². The van der Waals surface area contributed by atoms with Crippen LogP contribution in [0, 0.1) is 0 Å². The van der Waals surface area contributed by atoms with Crippen molar-refractivity contribution in [3.8, 4) is 22.5 Å². The lowest BCUT2D eigenvalue weighted by Crippen LogP contribution is -2.31. The summed E-state index contributed by atoms with van der Waals surface area (Å²) in [6.07, 6.45) is 0. The minimum absolute atomic E-state index is 0.292. The van der Waals surface area contributed by atoms with Crippen molar-refractivity contribution in [2.45, 2.75) is 32.7 Å². The first-order valence-corrected chi connectivity index (χ1v) is 11.5.